The van der Waals surface area contributed by atoms with Crippen LogP contribution in [-0.4, -0.2) is 6.21 Å². The Balaban J connectivity index is 4.47. The van der Waals surface area contributed by atoms with E-state index in [1.54, 1.807) is 18.4 Å². The predicted octanol–water partition coefficient (Wildman–Crippen LogP) is 2.01. The third kappa shape index (κ3) is 3.40. The maximum Gasteiger partial charge on any atom is 0.130 e. The highest BCUT2D eigenvalue weighted by Gasteiger charge is 1.89. The van der Waals surface area contributed by atoms with Crippen molar-refractivity contribution < 1.29 is 0 Å². The van der Waals surface area contributed by atoms with Gasteiger partial charge in [0.05, 0.1) is 0 Å². The van der Waals surface area contributed by atoms with Crippen molar-refractivity contribution in [1.82, 2.24) is 0 Å². The number of hydrogen-bond acceptors (Lipinski definition) is 2. The zero-order chi connectivity index (χ0) is 8.69. The van der Waals surface area contributed by atoms with Crippen molar-refractivity contribution in [2.24, 2.45) is 10.7 Å². The monoisotopic (exact) mass is 150 g/mol. The van der Waals surface area contributed by atoms with Crippen LogP contribution in [0.1, 0.15) is 13.3 Å². The second kappa shape index (κ2) is 5.47. The van der Waals surface area contributed by atoms with Crippen molar-refractivity contribution in [2.75, 3.05) is 0 Å². The summed E-state index contributed by atoms with van der Waals surface area (Å²) >= 11 is 0. The molecule has 2 N–H and O–H groups in total. The van der Waals surface area contributed by atoms with E-state index in [2.05, 4.69) is 18.2 Å². The standard InChI is InChI=1S/C9H14N2/c1-4-7-11-9(10)8(5-2)6-3/h5-7H,2-4,10H2,1H3/b11-7-. The molecule has 2 nitrogen and oxygen atoms in total. The Morgan fingerprint density at radius 2 is 2.00 bits per heavy atom. The van der Waals surface area contributed by atoms with E-state index in [-0.39, 0.29) is 0 Å². The second-order valence-corrected chi connectivity index (χ2v) is 1.97. The number of rotatable bonds is 4. The first kappa shape index (κ1) is 9.69. The Bertz CT molecular complexity index is 190. The zero-order valence-corrected chi connectivity index (χ0v) is 6.88. The molecule has 0 radical (unpaired) electrons. The highest BCUT2D eigenvalue weighted by Crippen LogP contribution is 2.01. The number of hydrogen-bond donors (Lipinski definition) is 1. The van der Waals surface area contributed by atoms with E-state index in [1.165, 1.54) is 0 Å². The Morgan fingerprint density at radius 1 is 1.45 bits per heavy atom. The van der Waals surface area contributed by atoms with Crippen LogP contribution >= 0.6 is 0 Å². The van der Waals surface area contributed by atoms with E-state index >= 15 is 0 Å². The molecule has 0 saturated carbocycles. The van der Waals surface area contributed by atoms with Gasteiger partial charge < -0.3 is 5.73 Å². The Morgan fingerprint density at radius 3 is 2.36 bits per heavy atom. The van der Waals surface area contributed by atoms with Gasteiger partial charge in [0, 0.05) is 11.8 Å². The number of allylic oxidation sites excluding steroid dienone is 3. The van der Waals surface area contributed by atoms with Crippen molar-refractivity contribution in [3.8, 4) is 0 Å². The minimum absolute atomic E-state index is 0.469. The van der Waals surface area contributed by atoms with Crippen LogP contribution in [-0.2, 0) is 0 Å². The summed E-state index contributed by atoms with van der Waals surface area (Å²) in [6.07, 6.45) is 5.90. The average molecular weight is 150 g/mol. The molecule has 0 aromatic heterocycles. The third-order valence-electron chi connectivity index (χ3n) is 1.15. The summed E-state index contributed by atoms with van der Waals surface area (Å²) in [5.74, 6) is 0.469. The maximum absolute atomic E-state index is 5.56. The summed E-state index contributed by atoms with van der Waals surface area (Å²) in [6.45, 7) is 9.15. The van der Waals surface area contributed by atoms with Crippen LogP contribution in [0.15, 0.2) is 41.7 Å². The quantitative estimate of drug-likeness (QED) is 0.483. The average Bonchev–Trinajstić information content (AvgIpc) is 2.03. The molecule has 2 heteroatoms. The van der Waals surface area contributed by atoms with E-state index in [1.807, 2.05) is 6.92 Å². The first-order valence-corrected chi connectivity index (χ1v) is 3.53. The summed E-state index contributed by atoms with van der Waals surface area (Å²) < 4.78 is 0. The molecule has 0 amide bonds. The van der Waals surface area contributed by atoms with Crippen LogP contribution in [0.3, 0.4) is 0 Å². The minimum Gasteiger partial charge on any atom is -0.383 e. The van der Waals surface area contributed by atoms with Gasteiger partial charge in [-0.25, -0.2) is 4.99 Å². The molecular formula is C9H14N2. The lowest BCUT2D eigenvalue weighted by atomic mass is 10.2. The summed E-state index contributed by atoms with van der Waals surface area (Å²) in [6, 6.07) is 0. The highest BCUT2D eigenvalue weighted by atomic mass is 14.9. The van der Waals surface area contributed by atoms with Crippen molar-refractivity contribution in [3.63, 3.8) is 0 Å². The van der Waals surface area contributed by atoms with Crippen LogP contribution in [0.5, 0.6) is 0 Å². The fourth-order valence-corrected chi connectivity index (χ4v) is 0.557. The molecule has 0 aliphatic heterocycles. The lowest BCUT2D eigenvalue weighted by Crippen LogP contribution is -1.96. The Hall–Kier alpha value is -1.31. The van der Waals surface area contributed by atoms with Crippen molar-refractivity contribution >= 4 is 6.21 Å². The molecule has 0 bridgehead atoms. The molecule has 0 spiro atoms. The first-order valence-electron chi connectivity index (χ1n) is 3.53. The molecule has 0 saturated heterocycles. The molecule has 0 aliphatic carbocycles. The number of nitrogens with two attached hydrogens (primary N) is 1. The molecule has 0 aromatic carbocycles. The Labute approximate surface area is 67.8 Å². The van der Waals surface area contributed by atoms with Crippen molar-refractivity contribution in [1.29, 1.82) is 0 Å². The Kier molecular flexibility index (Phi) is 4.82. The van der Waals surface area contributed by atoms with Crippen molar-refractivity contribution in [3.05, 3.63) is 36.7 Å². The lowest BCUT2D eigenvalue weighted by Gasteiger charge is -1.95. The second-order valence-electron chi connectivity index (χ2n) is 1.97. The fraction of sp³-hybridized carbons (Fsp3) is 0.222. The van der Waals surface area contributed by atoms with E-state index in [4.69, 9.17) is 5.73 Å². The van der Waals surface area contributed by atoms with Crippen molar-refractivity contribution in [2.45, 2.75) is 13.3 Å². The van der Waals surface area contributed by atoms with E-state index in [0.29, 0.717) is 5.82 Å². The molecular weight excluding hydrogens is 136 g/mol. The van der Waals surface area contributed by atoms with Gasteiger partial charge in [0.25, 0.3) is 0 Å². The van der Waals surface area contributed by atoms with Gasteiger partial charge in [0.2, 0.25) is 0 Å². The van der Waals surface area contributed by atoms with Crippen LogP contribution in [0.25, 0.3) is 0 Å². The molecule has 0 heterocycles. The van der Waals surface area contributed by atoms with Gasteiger partial charge in [-0.1, -0.05) is 32.2 Å². The smallest absolute Gasteiger partial charge is 0.130 e. The van der Waals surface area contributed by atoms with Gasteiger partial charge >= 0.3 is 0 Å². The summed E-state index contributed by atoms with van der Waals surface area (Å²) in [5.41, 5.74) is 6.34. The molecule has 0 rings (SSSR count). The molecule has 0 aliphatic rings. The topological polar surface area (TPSA) is 38.4 Å². The zero-order valence-electron chi connectivity index (χ0n) is 6.88. The van der Waals surface area contributed by atoms with Crippen LogP contribution in [0.2, 0.25) is 0 Å². The largest absolute Gasteiger partial charge is 0.383 e. The van der Waals surface area contributed by atoms with Gasteiger partial charge in [0.1, 0.15) is 5.82 Å². The number of aliphatic imine (C=N–C) groups is 1. The molecule has 0 fully saturated rings. The SMILES string of the molecule is C=CC(C=C)=C(N)/N=C\CC. The maximum atomic E-state index is 5.56. The fourth-order valence-electron chi connectivity index (χ4n) is 0.557. The minimum atomic E-state index is 0.469. The van der Waals surface area contributed by atoms with Gasteiger partial charge in [0.15, 0.2) is 0 Å². The summed E-state index contributed by atoms with van der Waals surface area (Å²) in [7, 11) is 0. The van der Waals surface area contributed by atoms with E-state index in [9.17, 15) is 0 Å². The van der Waals surface area contributed by atoms with Crippen LogP contribution in [0.4, 0.5) is 0 Å². The van der Waals surface area contributed by atoms with Gasteiger partial charge in [-0.2, -0.15) is 0 Å². The normalized spacial score (nSPS) is 9.55. The van der Waals surface area contributed by atoms with Gasteiger partial charge in [-0.3, -0.25) is 0 Å². The van der Waals surface area contributed by atoms with Gasteiger partial charge in [-0.15, -0.1) is 0 Å². The van der Waals surface area contributed by atoms with Crippen LogP contribution in [0, 0.1) is 0 Å². The molecule has 0 aromatic rings. The van der Waals surface area contributed by atoms with E-state index < -0.39 is 0 Å². The van der Waals surface area contributed by atoms with Crippen LogP contribution < -0.4 is 5.73 Å². The molecule has 60 valence electrons. The molecule has 0 unspecified atom stereocenters. The third-order valence-corrected chi connectivity index (χ3v) is 1.15. The van der Waals surface area contributed by atoms with Gasteiger partial charge in [-0.05, 0) is 6.42 Å². The summed E-state index contributed by atoms with van der Waals surface area (Å²) in [4.78, 5) is 3.97. The molecule has 11 heavy (non-hydrogen) atoms. The lowest BCUT2D eigenvalue weighted by molar-refractivity contribution is 1.19. The first-order chi connectivity index (χ1) is 5.26. The van der Waals surface area contributed by atoms with E-state index in [0.717, 1.165) is 12.0 Å². The predicted molar refractivity (Wildman–Crippen MR) is 50.4 cm³/mol. The summed E-state index contributed by atoms with van der Waals surface area (Å²) in [5, 5.41) is 0. The highest BCUT2D eigenvalue weighted by molar-refractivity contribution is 5.58. The molecule has 0 atom stereocenters. The number of nitrogens with zero attached hydrogens (tertiary/aromatic N) is 1.